The van der Waals surface area contributed by atoms with Gasteiger partial charge >= 0.3 is 11.9 Å². The third kappa shape index (κ3) is 8.02. The average molecular weight is 448 g/mol. The van der Waals surface area contributed by atoms with Crippen molar-refractivity contribution in [3.63, 3.8) is 0 Å². The molecule has 1 N–H and O–H groups in total. The summed E-state index contributed by atoms with van der Waals surface area (Å²) < 4.78 is 10.0. The molecule has 1 fully saturated rings. The SMILES string of the molecule is CC1CCC(C(=O)Nc2cc(C#CC(C)(C)C)sc2C(=O)OCOC(=O)C(C)C)CC1. The van der Waals surface area contributed by atoms with Crippen molar-refractivity contribution in [2.24, 2.45) is 23.2 Å². The molecule has 1 aromatic heterocycles. The zero-order chi connectivity index (χ0) is 23.2. The second kappa shape index (κ2) is 10.8. The summed E-state index contributed by atoms with van der Waals surface area (Å²) in [7, 11) is 0. The molecule has 0 atom stereocenters. The number of carbonyl (C=O) groups is 3. The molecule has 1 aliphatic rings. The fourth-order valence-electron chi connectivity index (χ4n) is 3.08. The van der Waals surface area contributed by atoms with Crippen LogP contribution in [-0.4, -0.2) is 24.6 Å². The highest BCUT2D eigenvalue weighted by Crippen LogP contribution is 2.32. The van der Waals surface area contributed by atoms with Crippen molar-refractivity contribution in [2.45, 2.75) is 67.2 Å². The maximum atomic E-state index is 12.8. The highest BCUT2D eigenvalue weighted by molar-refractivity contribution is 7.15. The van der Waals surface area contributed by atoms with Gasteiger partial charge in [0.05, 0.1) is 16.5 Å². The maximum Gasteiger partial charge on any atom is 0.353 e. The normalized spacial score (nSPS) is 18.7. The molecule has 1 heterocycles. The minimum atomic E-state index is -0.655. The quantitative estimate of drug-likeness (QED) is 0.367. The van der Waals surface area contributed by atoms with Gasteiger partial charge in [0, 0.05) is 11.3 Å². The van der Waals surface area contributed by atoms with Crippen LogP contribution in [0.1, 0.15) is 81.8 Å². The molecule has 170 valence electrons. The van der Waals surface area contributed by atoms with E-state index in [9.17, 15) is 14.4 Å². The lowest BCUT2D eigenvalue weighted by Gasteiger charge is -2.25. The van der Waals surface area contributed by atoms with Crippen LogP contribution in [0, 0.1) is 35.0 Å². The molecule has 0 bridgehead atoms. The highest BCUT2D eigenvalue weighted by atomic mass is 32.1. The Labute approximate surface area is 189 Å². The lowest BCUT2D eigenvalue weighted by atomic mass is 9.82. The van der Waals surface area contributed by atoms with Gasteiger partial charge in [-0.05, 0) is 58.4 Å². The van der Waals surface area contributed by atoms with Crippen LogP contribution in [0.5, 0.6) is 0 Å². The first-order chi connectivity index (χ1) is 14.5. The first kappa shape index (κ1) is 24.9. The van der Waals surface area contributed by atoms with Crippen LogP contribution in [-0.2, 0) is 19.1 Å². The molecule has 2 rings (SSSR count). The summed E-state index contributed by atoms with van der Waals surface area (Å²) in [6, 6.07) is 1.71. The van der Waals surface area contributed by atoms with E-state index in [1.807, 2.05) is 20.8 Å². The van der Waals surface area contributed by atoms with Crippen molar-refractivity contribution in [2.75, 3.05) is 12.1 Å². The van der Waals surface area contributed by atoms with Crippen LogP contribution in [0.15, 0.2) is 6.07 Å². The Morgan fingerprint density at radius 1 is 1.16 bits per heavy atom. The van der Waals surface area contributed by atoms with E-state index in [1.54, 1.807) is 19.9 Å². The molecule has 1 aromatic rings. The van der Waals surface area contributed by atoms with Crippen molar-refractivity contribution in [3.8, 4) is 11.8 Å². The maximum absolute atomic E-state index is 12.8. The second-order valence-electron chi connectivity index (χ2n) is 9.47. The Kier molecular flexibility index (Phi) is 8.69. The Morgan fingerprint density at radius 2 is 1.81 bits per heavy atom. The molecular formula is C24H33NO5S. The number of esters is 2. The fourth-order valence-corrected chi connectivity index (χ4v) is 3.94. The number of rotatable bonds is 6. The van der Waals surface area contributed by atoms with E-state index in [-0.39, 0.29) is 28.0 Å². The number of thiophene rings is 1. The third-order valence-corrected chi connectivity index (χ3v) is 6.02. The van der Waals surface area contributed by atoms with Gasteiger partial charge in [0.2, 0.25) is 12.7 Å². The van der Waals surface area contributed by atoms with E-state index >= 15 is 0 Å². The van der Waals surface area contributed by atoms with Crippen molar-refractivity contribution in [3.05, 3.63) is 15.8 Å². The van der Waals surface area contributed by atoms with Crippen LogP contribution >= 0.6 is 11.3 Å². The predicted molar refractivity (Wildman–Crippen MR) is 122 cm³/mol. The summed E-state index contributed by atoms with van der Waals surface area (Å²) in [5, 5.41) is 2.91. The summed E-state index contributed by atoms with van der Waals surface area (Å²) in [6.45, 7) is 11.1. The van der Waals surface area contributed by atoms with Gasteiger partial charge < -0.3 is 14.8 Å². The van der Waals surface area contributed by atoms with E-state index in [0.717, 1.165) is 37.0 Å². The third-order valence-electron chi connectivity index (χ3n) is 4.99. The van der Waals surface area contributed by atoms with Crippen LogP contribution < -0.4 is 5.32 Å². The number of hydrogen-bond acceptors (Lipinski definition) is 6. The molecule has 1 amide bonds. The topological polar surface area (TPSA) is 81.7 Å². The van der Waals surface area contributed by atoms with Crippen LogP contribution in [0.3, 0.4) is 0 Å². The van der Waals surface area contributed by atoms with E-state index < -0.39 is 18.7 Å². The molecule has 0 radical (unpaired) electrons. The van der Waals surface area contributed by atoms with E-state index in [4.69, 9.17) is 9.47 Å². The molecule has 7 heteroatoms. The first-order valence-electron chi connectivity index (χ1n) is 10.8. The van der Waals surface area contributed by atoms with E-state index in [2.05, 4.69) is 24.1 Å². The van der Waals surface area contributed by atoms with Crippen molar-refractivity contribution in [1.82, 2.24) is 0 Å². The van der Waals surface area contributed by atoms with Crippen molar-refractivity contribution < 1.29 is 23.9 Å². The Hall–Kier alpha value is -2.33. The Morgan fingerprint density at radius 3 is 2.39 bits per heavy atom. The van der Waals surface area contributed by atoms with Gasteiger partial charge in [0.15, 0.2) is 0 Å². The number of ether oxygens (including phenoxy) is 2. The fraction of sp³-hybridized carbons (Fsp3) is 0.625. The molecule has 6 nitrogen and oxygen atoms in total. The molecule has 0 aliphatic heterocycles. The van der Waals surface area contributed by atoms with Gasteiger partial charge in [-0.15, -0.1) is 11.3 Å². The van der Waals surface area contributed by atoms with Gasteiger partial charge in [-0.25, -0.2) is 4.79 Å². The summed E-state index contributed by atoms with van der Waals surface area (Å²) in [6.07, 6.45) is 3.75. The van der Waals surface area contributed by atoms with Gasteiger partial charge in [0.1, 0.15) is 4.88 Å². The summed E-state index contributed by atoms with van der Waals surface area (Å²) in [4.78, 5) is 37.9. The smallest absolute Gasteiger partial charge is 0.353 e. The predicted octanol–water partition coefficient (Wildman–Crippen LogP) is 5.22. The van der Waals surface area contributed by atoms with Crippen LogP contribution in [0.4, 0.5) is 5.69 Å². The summed E-state index contributed by atoms with van der Waals surface area (Å²) in [5.74, 6) is 5.29. The summed E-state index contributed by atoms with van der Waals surface area (Å²) >= 11 is 1.16. The van der Waals surface area contributed by atoms with Crippen LogP contribution in [0.25, 0.3) is 0 Å². The molecule has 0 saturated heterocycles. The summed E-state index contributed by atoms with van der Waals surface area (Å²) in [5.41, 5.74) is 0.199. The number of anilines is 1. The Bertz CT molecular complexity index is 861. The Balaban J connectivity index is 2.16. The number of nitrogens with one attached hydrogen (secondary N) is 1. The molecule has 0 spiro atoms. The lowest BCUT2D eigenvalue weighted by Crippen LogP contribution is -2.27. The molecule has 31 heavy (non-hydrogen) atoms. The van der Waals surface area contributed by atoms with Gasteiger partial charge in [0.25, 0.3) is 0 Å². The molecular weight excluding hydrogens is 414 g/mol. The molecule has 1 saturated carbocycles. The number of amides is 1. The minimum Gasteiger partial charge on any atom is -0.428 e. The largest absolute Gasteiger partial charge is 0.428 e. The monoisotopic (exact) mass is 447 g/mol. The highest BCUT2D eigenvalue weighted by Gasteiger charge is 2.27. The number of hydrogen-bond donors (Lipinski definition) is 1. The van der Waals surface area contributed by atoms with Crippen molar-refractivity contribution >= 4 is 34.9 Å². The van der Waals surface area contributed by atoms with E-state index in [0.29, 0.717) is 16.5 Å². The van der Waals surface area contributed by atoms with E-state index in [1.165, 1.54) is 0 Å². The first-order valence-corrected chi connectivity index (χ1v) is 11.6. The van der Waals surface area contributed by atoms with Gasteiger partial charge in [-0.1, -0.05) is 32.6 Å². The zero-order valence-electron chi connectivity index (χ0n) is 19.3. The van der Waals surface area contributed by atoms with Gasteiger partial charge in [-0.2, -0.15) is 0 Å². The standard InChI is InChI=1S/C24H33NO5S/c1-15(2)22(27)29-14-30-23(28)20-19(13-18(31-20)11-12-24(4,5)6)25-21(26)17-9-7-16(3)8-10-17/h13,15-17H,7-10,14H2,1-6H3,(H,25,26). The minimum absolute atomic E-state index is 0.0592. The van der Waals surface area contributed by atoms with Gasteiger partial charge in [-0.3, -0.25) is 9.59 Å². The molecule has 0 unspecified atom stereocenters. The zero-order valence-corrected chi connectivity index (χ0v) is 20.1. The second-order valence-corrected chi connectivity index (χ2v) is 10.5. The molecule has 0 aromatic carbocycles. The average Bonchev–Trinajstić information content (AvgIpc) is 3.09. The van der Waals surface area contributed by atoms with Crippen LogP contribution in [0.2, 0.25) is 0 Å². The molecule has 1 aliphatic carbocycles. The number of carbonyl (C=O) groups excluding carboxylic acids is 3. The van der Waals surface area contributed by atoms with Crippen molar-refractivity contribution in [1.29, 1.82) is 0 Å². The lowest BCUT2D eigenvalue weighted by molar-refractivity contribution is -0.155.